The van der Waals surface area contributed by atoms with E-state index in [1.165, 1.54) is 6.07 Å². The summed E-state index contributed by atoms with van der Waals surface area (Å²) in [6.07, 6.45) is 0. The minimum Gasteiger partial charge on any atom is -0.457 e. The summed E-state index contributed by atoms with van der Waals surface area (Å²) in [5.41, 5.74) is 1.88. The Kier molecular flexibility index (Phi) is 6.63. The summed E-state index contributed by atoms with van der Waals surface area (Å²) in [5, 5.41) is 0. The van der Waals surface area contributed by atoms with Crippen LogP contribution in [0.15, 0.2) is 54.6 Å². The van der Waals surface area contributed by atoms with E-state index in [0.717, 1.165) is 5.56 Å². The predicted octanol–water partition coefficient (Wildman–Crippen LogP) is 3.55. The van der Waals surface area contributed by atoms with Crippen LogP contribution >= 0.6 is 0 Å². The number of rotatable bonds is 5. The summed E-state index contributed by atoms with van der Waals surface area (Å²) < 4.78 is 19.6. The van der Waals surface area contributed by atoms with E-state index < -0.39 is 5.97 Å². The van der Waals surface area contributed by atoms with Crippen LogP contribution in [0.4, 0.5) is 10.1 Å². The van der Waals surface area contributed by atoms with Crippen LogP contribution < -0.4 is 4.90 Å². The van der Waals surface area contributed by atoms with Crippen molar-refractivity contribution < 1.29 is 18.7 Å². The minimum atomic E-state index is -0.635. The summed E-state index contributed by atoms with van der Waals surface area (Å²) >= 11 is 0. The molecule has 0 N–H and O–H groups in total. The van der Waals surface area contributed by atoms with Crippen LogP contribution in [0.25, 0.3) is 0 Å². The molecule has 2 aromatic carbocycles. The Morgan fingerprint density at radius 2 is 1.61 bits per heavy atom. The number of ether oxygens (including phenoxy) is 1. The molecule has 1 aromatic heterocycles. The number of halogens is 1. The molecule has 8 heteroatoms. The molecule has 170 valence electrons. The highest BCUT2D eigenvalue weighted by atomic mass is 19.1. The van der Waals surface area contributed by atoms with Crippen LogP contribution in [0, 0.1) is 19.7 Å². The molecule has 0 radical (unpaired) electrons. The Labute approximate surface area is 191 Å². The third-order valence-corrected chi connectivity index (χ3v) is 5.58. The van der Waals surface area contributed by atoms with Gasteiger partial charge in [-0.15, -0.1) is 0 Å². The van der Waals surface area contributed by atoms with Crippen molar-refractivity contribution in [2.24, 2.45) is 0 Å². The molecule has 0 saturated carbocycles. The predicted molar refractivity (Wildman–Crippen MR) is 122 cm³/mol. The van der Waals surface area contributed by atoms with Gasteiger partial charge in [0.15, 0.2) is 0 Å². The summed E-state index contributed by atoms with van der Waals surface area (Å²) in [7, 11) is 0. The van der Waals surface area contributed by atoms with Gasteiger partial charge in [0.25, 0.3) is 5.91 Å². The second-order valence-corrected chi connectivity index (χ2v) is 7.87. The largest absolute Gasteiger partial charge is 0.457 e. The monoisotopic (exact) mass is 448 g/mol. The molecule has 0 unspecified atom stereocenters. The van der Waals surface area contributed by atoms with Crippen LogP contribution in [0.3, 0.4) is 0 Å². The highest BCUT2D eigenvalue weighted by Crippen LogP contribution is 2.22. The zero-order chi connectivity index (χ0) is 23.4. The number of hydrogen-bond donors (Lipinski definition) is 0. The number of amides is 1. The van der Waals surface area contributed by atoms with Gasteiger partial charge in [0.1, 0.15) is 29.5 Å². The molecule has 0 atom stereocenters. The number of aryl methyl sites for hydroxylation is 2. The molecule has 7 nitrogen and oxygen atoms in total. The molecule has 1 saturated heterocycles. The van der Waals surface area contributed by atoms with Gasteiger partial charge in [-0.25, -0.2) is 19.2 Å². The number of piperazine rings is 1. The Morgan fingerprint density at radius 1 is 0.939 bits per heavy atom. The van der Waals surface area contributed by atoms with Gasteiger partial charge in [-0.3, -0.25) is 4.79 Å². The molecule has 2 heterocycles. The normalized spacial score (nSPS) is 13.7. The Morgan fingerprint density at radius 3 is 2.30 bits per heavy atom. The maximum absolute atomic E-state index is 14.1. The molecule has 0 spiro atoms. The van der Waals surface area contributed by atoms with Gasteiger partial charge in [0.2, 0.25) is 0 Å². The Balaban J connectivity index is 1.50. The average molecular weight is 448 g/mol. The number of aromatic nitrogens is 2. The number of anilines is 1. The highest BCUT2D eigenvalue weighted by molar-refractivity contribution is 6.04. The van der Waals surface area contributed by atoms with Crippen molar-refractivity contribution in [3.63, 3.8) is 0 Å². The van der Waals surface area contributed by atoms with E-state index in [9.17, 15) is 14.0 Å². The van der Waals surface area contributed by atoms with E-state index in [1.54, 1.807) is 36.9 Å². The Bertz CT molecular complexity index is 1160. The van der Waals surface area contributed by atoms with Crippen LogP contribution in [-0.2, 0) is 11.3 Å². The van der Waals surface area contributed by atoms with Crippen molar-refractivity contribution in [3.8, 4) is 0 Å². The molecular weight excluding hydrogens is 423 g/mol. The number of carbonyl (C=O) groups is 2. The van der Waals surface area contributed by atoms with E-state index in [4.69, 9.17) is 4.74 Å². The average Bonchev–Trinajstić information content (AvgIpc) is 2.83. The molecule has 3 aromatic rings. The molecular formula is C25H25FN4O3. The molecule has 1 aliphatic heterocycles. The van der Waals surface area contributed by atoms with Gasteiger partial charge >= 0.3 is 5.97 Å². The summed E-state index contributed by atoms with van der Waals surface area (Å²) in [6, 6.07) is 15.9. The van der Waals surface area contributed by atoms with E-state index in [0.29, 0.717) is 43.4 Å². The van der Waals surface area contributed by atoms with Crippen LogP contribution in [0.1, 0.15) is 37.9 Å². The third-order valence-electron chi connectivity index (χ3n) is 5.58. The van der Waals surface area contributed by atoms with E-state index in [-0.39, 0.29) is 29.6 Å². The maximum atomic E-state index is 14.1. The van der Waals surface area contributed by atoms with Crippen LogP contribution in [0.5, 0.6) is 0 Å². The molecule has 1 amide bonds. The SMILES string of the molecule is Cc1nc(C)c(C(=O)OCc2ccccc2)c(C(=O)N2CCN(c3ccccc3F)CC2)n1. The second kappa shape index (κ2) is 9.77. The van der Waals surface area contributed by atoms with Crippen molar-refractivity contribution in [2.75, 3.05) is 31.1 Å². The standard InChI is InChI=1S/C25H25FN4O3/c1-17-22(25(32)33-16-19-8-4-3-5-9-19)23(28-18(2)27-17)24(31)30-14-12-29(13-15-30)21-11-7-6-10-20(21)26/h3-11H,12-16H2,1-2H3. The first-order chi connectivity index (χ1) is 15.9. The van der Waals surface area contributed by atoms with Gasteiger partial charge in [0, 0.05) is 26.2 Å². The third kappa shape index (κ3) is 5.00. The molecule has 1 aliphatic rings. The lowest BCUT2D eigenvalue weighted by Crippen LogP contribution is -2.49. The van der Waals surface area contributed by atoms with Crippen molar-refractivity contribution in [2.45, 2.75) is 20.5 Å². The zero-order valence-electron chi connectivity index (χ0n) is 18.6. The van der Waals surface area contributed by atoms with Crippen LogP contribution in [0.2, 0.25) is 0 Å². The zero-order valence-corrected chi connectivity index (χ0v) is 18.6. The molecule has 0 aliphatic carbocycles. The molecule has 0 bridgehead atoms. The van der Waals surface area contributed by atoms with E-state index >= 15 is 0 Å². The Hall–Kier alpha value is -3.81. The number of benzene rings is 2. The van der Waals surface area contributed by atoms with Crippen molar-refractivity contribution in [1.82, 2.24) is 14.9 Å². The van der Waals surface area contributed by atoms with E-state index in [2.05, 4.69) is 9.97 Å². The van der Waals surface area contributed by atoms with Gasteiger partial charge in [-0.1, -0.05) is 42.5 Å². The minimum absolute atomic E-state index is 0.0393. The number of esters is 1. The number of para-hydroxylation sites is 1. The fraction of sp³-hybridized carbons (Fsp3) is 0.280. The lowest BCUT2D eigenvalue weighted by molar-refractivity contribution is 0.0463. The number of carbonyl (C=O) groups excluding carboxylic acids is 2. The van der Waals surface area contributed by atoms with Gasteiger partial charge in [-0.05, 0) is 31.5 Å². The number of nitrogens with zero attached hydrogens (tertiary/aromatic N) is 4. The van der Waals surface area contributed by atoms with Gasteiger partial charge in [-0.2, -0.15) is 0 Å². The number of hydrogen-bond acceptors (Lipinski definition) is 6. The first-order valence-electron chi connectivity index (χ1n) is 10.8. The smallest absolute Gasteiger partial charge is 0.342 e. The quantitative estimate of drug-likeness (QED) is 0.556. The topological polar surface area (TPSA) is 75.6 Å². The summed E-state index contributed by atoms with van der Waals surface area (Å²) in [4.78, 5) is 38.4. The van der Waals surface area contributed by atoms with E-state index in [1.807, 2.05) is 35.2 Å². The lowest BCUT2D eigenvalue weighted by atomic mass is 10.1. The molecule has 4 rings (SSSR count). The van der Waals surface area contributed by atoms with Gasteiger partial charge in [0.05, 0.1) is 11.4 Å². The van der Waals surface area contributed by atoms with Crippen molar-refractivity contribution in [3.05, 3.63) is 88.8 Å². The lowest BCUT2D eigenvalue weighted by Gasteiger charge is -2.36. The summed E-state index contributed by atoms with van der Waals surface area (Å²) in [6.45, 7) is 5.15. The van der Waals surface area contributed by atoms with Gasteiger partial charge < -0.3 is 14.5 Å². The van der Waals surface area contributed by atoms with Crippen LogP contribution in [-0.4, -0.2) is 52.9 Å². The van der Waals surface area contributed by atoms with Crippen molar-refractivity contribution >= 4 is 17.6 Å². The molecule has 1 fully saturated rings. The second-order valence-electron chi connectivity index (χ2n) is 7.87. The maximum Gasteiger partial charge on any atom is 0.342 e. The highest BCUT2D eigenvalue weighted by Gasteiger charge is 2.30. The first kappa shape index (κ1) is 22.4. The fourth-order valence-electron chi connectivity index (χ4n) is 3.92. The molecule has 33 heavy (non-hydrogen) atoms. The fourth-order valence-corrected chi connectivity index (χ4v) is 3.92. The van der Waals surface area contributed by atoms with Crippen molar-refractivity contribution in [1.29, 1.82) is 0 Å². The first-order valence-corrected chi connectivity index (χ1v) is 10.8. The summed E-state index contributed by atoms with van der Waals surface area (Å²) in [5.74, 6) is -0.878.